The summed E-state index contributed by atoms with van der Waals surface area (Å²) in [6, 6.07) is 10.9. The van der Waals surface area contributed by atoms with Crippen molar-refractivity contribution in [2.75, 3.05) is 39.0 Å². The van der Waals surface area contributed by atoms with E-state index in [-0.39, 0.29) is 31.1 Å². The molecule has 2 heterocycles. The van der Waals surface area contributed by atoms with E-state index >= 15 is 0 Å². The number of halogens is 2. The van der Waals surface area contributed by atoms with Gasteiger partial charge in [0.1, 0.15) is 23.7 Å². The lowest BCUT2D eigenvalue weighted by molar-refractivity contribution is -0.138. The van der Waals surface area contributed by atoms with Crippen molar-refractivity contribution in [2.45, 2.75) is 44.4 Å². The van der Waals surface area contributed by atoms with Gasteiger partial charge in [0.2, 0.25) is 17.7 Å². The molecule has 2 fully saturated rings. The molecule has 46 heavy (non-hydrogen) atoms. The second-order valence-electron chi connectivity index (χ2n) is 12.2. The number of alkyl halides is 1. The first-order valence-corrected chi connectivity index (χ1v) is 15.3. The topological polar surface area (TPSA) is 124 Å². The first-order valence-electron chi connectivity index (χ1n) is 15.3. The molecule has 1 saturated heterocycles. The number of likely N-dealkylation sites (tertiary alicyclic amines) is 1. The number of carbonyl (C=O) groups excluding carboxylic acids is 4. The number of pyridine rings is 1. The van der Waals surface area contributed by atoms with E-state index in [9.17, 15) is 28.0 Å². The Morgan fingerprint density at radius 3 is 2.61 bits per heavy atom. The molecule has 1 saturated carbocycles. The minimum atomic E-state index is -1.40. The number of carbonyl (C=O) groups is 4. The van der Waals surface area contributed by atoms with E-state index < -0.39 is 48.3 Å². The van der Waals surface area contributed by atoms with Gasteiger partial charge in [0.15, 0.2) is 0 Å². The molecule has 10 nitrogen and oxygen atoms in total. The number of rotatable bonds is 11. The summed E-state index contributed by atoms with van der Waals surface area (Å²) in [5.41, 5.74) is 2.67. The second kappa shape index (κ2) is 14.2. The van der Waals surface area contributed by atoms with Gasteiger partial charge in [0.25, 0.3) is 5.91 Å². The molecule has 4 amide bonds. The maximum Gasteiger partial charge on any atom is 0.270 e. The highest BCUT2D eigenvalue weighted by molar-refractivity contribution is 5.97. The average Bonchev–Trinajstić information content (AvgIpc) is 3.76. The number of anilines is 1. The van der Waals surface area contributed by atoms with E-state index in [4.69, 9.17) is 0 Å². The maximum atomic E-state index is 14.6. The Kier molecular flexibility index (Phi) is 10.1. The van der Waals surface area contributed by atoms with Gasteiger partial charge in [-0.2, -0.15) is 0 Å². The lowest BCUT2D eigenvalue weighted by atomic mass is 9.99. The zero-order valence-corrected chi connectivity index (χ0v) is 26.1. The van der Waals surface area contributed by atoms with Gasteiger partial charge in [-0.1, -0.05) is 24.3 Å². The Labute approximate surface area is 266 Å². The Morgan fingerprint density at radius 2 is 1.87 bits per heavy atom. The summed E-state index contributed by atoms with van der Waals surface area (Å²) in [6.45, 7) is 1.27. The van der Waals surface area contributed by atoms with E-state index in [0.717, 1.165) is 28.9 Å². The van der Waals surface area contributed by atoms with Crippen molar-refractivity contribution in [1.29, 1.82) is 0 Å². The zero-order valence-electron chi connectivity index (χ0n) is 26.1. The fraction of sp³-hybridized carbons (Fsp3) is 0.382. The predicted octanol–water partition coefficient (Wildman–Crippen LogP) is 3.84. The highest BCUT2D eigenvalue weighted by atomic mass is 19.1. The summed E-state index contributed by atoms with van der Waals surface area (Å²) < 4.78 is 28.1. The largest absolute Gasteiger partial charge is 0.348 e. The van der Waals surface area contributed by atoms with Gasteiger partial charge in [0.05, 0.1) is 31.2 Å². The number of hydrogen-bond donors (Lipinski definition) is 3. The molecule has 3 aromatic rings. The maximum absolute atomic E-state index is 14.6. The first-order chi connectivity index (χ1) is 22.0. The number of nitrogens with zero attached hydrogens (tertiary/aromatic N) is 3. The molecule has 0 bridgehead atoms. The van der Waals surface area contributed by atoms with Gasteiger partial charge in [-0.15, -0.1) is 0 Å². The molecule has 0 unspecified atom stereocenters. The van der Waals surface area contributed by atoms with E-state index in [1.807, 2.05) is 24.3 Å². The van der Waals surface area contributed by atoms with Crippen LogP contribution in [-0.2, 0) is 14.4 Å². The van der Waals surface area contributed by atoms with Crippen molar-refractivity contribution < 1.29 is 28.0 Å². The van der Waals surface area contributed by atoms with Crippen molar-refractivity contribution in [3.05, 3.63) is 77.2 Å². The Morgan fingerprint density at radius 1 is 1.09 bits per heavy atom. The van der Waals surface area contributed by atoms with Gasteiger partial charge >= 0.3 is 0 Å². The predicted molar refractivity (Wildman–Crippen MR) is 171 cm³/mol. The molecular formula is C34H38F2N6O4. The van der Waals surface area contributed by atoms with Crippen molar-refractivity contribution >= 4 is 46.3 Å². The molecule has 12 heteroatoms. The normalized spacial score (nSPS) is 18.6. The van der Waals surface area contributed by atoms with Gasteiger partial charge in [-0.3, -0.25) is 19.2 Å². The molecule has 3 atom stereocenters. The average molecular weight is 633 g/mol. The highest BCUT2D eigenvalue weighted by Crippen LogP contribution is 2.32. The standard InChI is InChI=1S/C34H38F2N6O4/c1-20(27-16-26(39-31(43)19-41(2)3)11-8-22(27)7-6-21-4-5-21)38-34(46)30-15-25(36)18-42(30)32(44)17-37-33(45)29-12-9-23-14-24(35)10-13-28(23)40-29/h6-14,16,20-21,25,30H,4-5,15,17-19H2,1-3H3,(H,37,45)(H,38,46)(H,39,43)/b7-6+/t20-,25+,30-/m0/s1. The minimum Gasteiger partial charge on any atom is -0.348 e. The third kappa shape index (κ3) is 8.30. The lowest BCUT2D eigenvalue weighted by Crippen LogP contribution is -2.49. The van der Waals surface area contributed by atoms with E-state index in [1.54, 1.807) is 32.0 Å². The molecule has 3 N–H and O–H groups in total. The quantitative estimate of drug-likeness (QED) is 0.295. The number of fused-ring (bicyclic) bond motifs is 1. The fourth-order valence-electron chi connectivity index (χ4n) is 5.46. The minimum absolute atomic E-state index is 0.0338. The monoisotopic (exact) mass is 632 g/mol. The Hall–Kier alpha value is -4.71. The molecule has 1 aromatic heterocycles. The Bertz CT molecular complexity index is 1670. The number of aromatic nitrogens is 1. The number of amides is 4. The molecule has 2 aromatic carbocycles. The summed E-state index contributed by atoms with van der Waals surface area (Å²) in [7, 11) is 3.60. The molecule has 2 aliphatic rings. The van der Waals surface area contributed by atoms with Crippen LogP contribution in [0.2, 0.25) is 0 Å². The summed E-state index contributed by atoms with van der Waals surface area (Å²) in [5, 5.41) is 8.83. The van der Waals surface area contributed by atoms with Crippen LogP contribution in [-0.4, -0.2) is 84.4 Å². The van der Waals surface area contributed by atoms with E-state index in [0.29, 0.717) is 22.5 Å². The summed E-state index contributed by atoms with van der Waals surface area (Å²) in [6.07, 6.45) is 4.83. The zero-order chi connectivity index (χ0) is 33.0. The molecule has 242 valence electrons. The summed E-state index contributed by atoms with van der Waals surface area (Å²) >= 11 is 0. The van der Waals surface area contributed by atoms with Crippen LogP contribution in [0.25, 0.3) is 17.0 Å². The molecular weight excluding hydrogens is 594 g/mol. The van der Waals surface area contributed by atoms with Crippen LogP contribution in [0.4, 0.5) is 14.5 Å². The van der Waals surface area contributed by atoms with Crippen LogP contribution in [0.3, 0.4) is 0 Å². The number of benzene rings is 2. The number of likely N-dealkylation sites (N-methyl/N-ethyl adjacent to an activating group) is 1. The van der Waals surface area contributed by atoms with Crippen LogP contribution in [0.15, 0.2) is 54.6 Å². The fourth-order valence-corrected chi connectivity index (χ4v) is 5.46. The third-order valence-corrected chi connectivity index (χ3v) is 7.98. The SMILES string of the molecule is C[C@H](NC(=O)[C@@H]1C[C@@H](F)CN1C(=O)CNC(=O)c1ccc2cc(F)ccc2n1)c1cc(NC(=O)CN(C)C)ccc1/C=C/C1CC1. The van der Waals surface area contributed by atoms with Crippen molar-refractivity contribution in [1.82, 2.24) is 25.4 Å². The van der Waals surface area contributed by atoms with Crippen molar-refractivity contribution in [3.63, 3.8) is 0 Å². The molecule has 0 spiro atoms. The van der Waals surface area contributed by atoms with Gasteiger partial charge in [-0.25, -0.2) is 13.8 Å². The Balaban J connectivity index is 1.24. The van der Waals surface area contributed by atoms with E-state index in [1.165, 1.54) is 24.3 Å². The van der Waals surface area contributed by atoms with Gasteiger partial charge in [-0.05, 0) is 87.3 Å². The van der Waals surface area contributed by atoms with Crippen LogP contribution >= 0.6 is 0 Å². The molecule has 1 aliphatic heterocycles. The van der Waals surface area contributed by atoms with Crippen LogP contribution < -0.4 is 16.0 Å². The smallest absolute Gasteiger partial charge is 0.270 e. The molecule has 0 radical (unpaired) electrons. The number of nitrogens with one attached hydrogen (secondary N) is 3. The van der Waals surface area contributed by atoms with Crippen molar-refractivity contribution in [2.24, 2.45) is 5.92 Å². The summed E-state index contributed by atoms with van der Waals surface area (Å²) in [5.74, 6) is -1.83. The van der Waals surface area contributed by atoms with E-state index in [2.05, 4.69) is 27.0 Å². The first kappa shape index (κ1) is 32.7. The van der Waals surface area contributed by atoms with Gasteiger partial charge in [0, 0.05) is 17.5 Å². The highest BCUT2D eigenvalue weighted by Gasteiger charge is 2.40. The molecule has 1 aliphatic carbocycles. The third-order valence-electron chi connectivity index (χ3n) is 7.98. The van der Waals surface area contributed by atoms with Gasteiger partial charge < -0.3 is 25.8 Å². The summed E-state index contributed by atoms with van der Waals surface area (Å²) in [4.78, 5) is 58.8. The molecule has 5 rings (SSSR count). The number of hydrogen-bond acceptors (Lipinski definition) is 6. The van der Waals surface area contributed by atoms with Crippen molar-refractivity contribution in [3.8, 4) is 0 Å². The lowest BCUT2D eigenvalue weighted by Gasteiger charge is -2.26. The second-order valence-corrected chi connectivity index (χ2v) is 12.2. The van der Waals surface area contributed by atoms with Crippen LogP contribution in [0.1, 0.15) is 53.8 Å². The van der Waals surface area contributed by atoms with Crippen LogP contribution in [0.5, 0.6) is 0 Å². The van der Waals surface area contributed by atoms with Crippen LogP contribution in [0, 0.1) is 11.7 Å². The number of allylic oxidation sites excluding steroid dienone is 1.